The van der Waals surface area contributed by atoms with Crippen molar-refractivity contribution in [1.29, 1.82) is 0 Å². The fraction of sp³-hybridized carbons (Fsp3) is 0.588. The zero-order valence-electron chi connectivity index (χ0n) is 13.1. The molecule has 0 spiro atoms. The van der Waals surface area contributed by atoms with Gasteiger partial charge in [0, 0.05) is 18.1 Å². The number of hydrogen-bond donors (Lipinski definition) is 1. The van der Waals surface area contributed by atoms with Crippen LogP contribution in [-0.4, -0.2) is 37.0 Å². The van der Waals surface area contributed by atoms with Crippen molar-refractivity contribution in [2.75, 3.05) is 26.2 Å². The van der Waals surface area contributed by atoms with E-state index < -0.39 is 11.7 Å². The number of carbonyl (C=O) groups is 1. The third-order valence-corrected chi connectivity index (χ3v) is 4.34. The van der Waals surface area contributed by atoms with Gasteiger partial charge in [0.25, 0.3) is 5.91 Å². The van der Waals surface area contributed by atoms with Gasteiger partial charge < -0.3 is 10.2 Å². The number of likely N-dealkylation sites (tertiary alicyclic amines) is 1. The van der Waals surface area contributed by atoms with Crippen LogP contribution in [0.5, 0.6) is 0 Å². The Morgan fingerprint density at radius 1 is 1.45 bits per heavy atom. The second-order valence-electron chi connectivity index (χ2n) is 6.14. The van der Waals surface area contributed by atoms with Crippen molar-refractivity contribution < 1.29 is 9.18 Å². The molecular formula is C17H24ClFN2O. The lowest BCUT2D eigenvalue weighted by molar-refractivity contribution is 0.0948. The molecule has 0 radical (unpaired) electrons. The first kappa shape index (κ1) is 17.2. The van der Waals surface area contributed by atoms with E-state index in [1.807, 2.05) is 0 Å². The van der Waals surface area contributed by atoms with E-state index in [2.05, 4.69) is 17.1 Å². The lowest BCUT2D eigenvalue weighted by atomic mass is 10.0. The van der Waals surface area contributed by atoms with Crippen LogP contribution in [0, 0.1) is 11.7 Å². The molecule has 1 N–H and O–H groups in total. The largest absolute Gasteiger partial charge is 0.352 e. The molecule has 0 aliphatic carbocycles. The van der Waals surface area contributed by atoms with Crippen LogP contribution in [0.1, 0.15) is 43.0 Å². The molecule has 1 aromatic carbocycles. The Hall–Kier alpha value is -1.13. The summed E-state index contributed by atoms with van der Waals surface area (Å²) in [4.78, 5) is 14.4. The predicted molar refractivity (Wildman–Crippen MR) is 87.8 cm³/mol. The van der Waals surface area contributed by atoms with Gasteiger partial charge in [-0.15, -0.1) is 0 Å². The maximum absolute atomic E-state index is 13.5. The van der Waals surface area contributed by atoms with Gasteiger partial charge in [-0.2, -0.15) is 0 Å². The summed E-state index contributed by atoms with van der Waals surface area (Å²) in [6.45, 7) is 6.30. The lowest BCUT2D eigenvalue weighted by Crippen LogP contribution is -2.35. The maximum atomic E-state index is 13.5. The number of hydrogen-bond acceptors (Lipinski definition) is 2. The van der Waals surface area contributed by atoms with Crippen LogP contribution < -0.4 is 5.32 Å². The summed E-state index contributed by atoms with van der Waals surface area (Å²) >= 11 is 5.79. The normalized spacial score (nSPS) is 19.1. The SMILES string of the molecule is CC1CCCN(CCCCNC(=O)c2cc(Cl)ccc2F)C1. The lowest BCUT2D eigenvalue weighted by Gasteiger charge is -2.30. The van der Waals surface area contributed by atoms with Gasteiger partial charge in [0.2, 0.25) is 0 Å². The second-order valence-corrected chi connectivity index (χ2v) is 6.57. The number of unbranched alkanes of at least 4 members (excludes halogenated alkanes) is 1. The van der Waals surface area contributed by atoms with Gasteiger partial charge in [0.05, 0.1) is 5.56 Å². The van der Waals surface area contributed by atoms with Crippen LogP contribution in [-0.2, 0) is 0 Å². The molecule has 0 saturated carbocycles. The Morgan fingerprint density at radius 3 is 3.05 bits per heavy atom. The molecule has 3 nitrogen and oxygen atoms in total. The topological polar surface area (TPSA) is 32.3 Å². The minimum atomic E-state index is -0.538. The first-order valence-electron chi connectivity index (χ1n) is 8.02. The Kier molecular flexibility index (Phi) is 6.65. The van der Waals surface area contributed by atoms with Crippen LogP contribution in [0.4, 0.5) is 4.39 Å². The van der Waals surface area contributed by atoms with Crippen LogP contribution in [0.2, 0.25) is 5.02 Å². The van der Waals surface area contributed by atoms with Crippen molar-refractivity contribution in [2.24, 2.45) is 5.92 Å². The first-order valence-corrected chi connectivity index (χ1v) is 8.39. The van der Waals surface area contributed by atoms with E-state index in [0.29, 0.717) is 11.6 Å². The molecule has 1 aliphatic rings. The Labute approximate surface area is 136 Å². The Bertz CT molecular complexity index is 509. The summed E-state index contributed by atoms with van der Waals surface area (Å²) in [5.74, 6) is -0.143. The Morgan fingerprint density at radius 2 is 2.27 bits per heavy atom. The molecule has 1 atom stereocenters. The highest BCUT2D eigenvalue weighted by atomic mass is 35.5. The molecule has 122 valence electrons. The van der Waals surface area contributed by atoms with E-state index in [9.17, 15) is 9.18 Å². The summed E-state index contributed by atoms with van der Waals surface area (Å²) in [6.07, 6.45) is 4.56. The molecule has 1 aliphatic heterocycles. The van der Waals surface area contributed by atoms with Gasteiger partial charge >= 0.3 is 0 Å². The van der Waals surface area contributed by atoms with Gasteiger partial charge in [-0.25, -0.2) is 4.39 Å². The van der Waals surface area contributed by atoms with Gasteiger partial charge in [0.15, 0.2) is 0 Å². The number of carbonyl (C=O) groups excluding carboxylic acids is 1. The summed E-state index contributed by atoms with van der Waals surface area (Å²) in [6, 6.07) is 4.02. The van der Waals surface area contributed by atoms with Crippen LogP contribution in [0.15, 0.2) is 18.2 Å². The number of amides is 1. The number of benzene rings is 1. The van der Waals surface area contributed by atoms with Crippen LogP contribution in [0.3, 0.4) is 0 Å². The second kappa shape index (κ2) is 8.49. The van der Waals surface area contributed by atoms with Crippen molar-refractivity contribution in [3.63, 3.8) is 0 Å². The predicted octanol–water partition coefficient (Wildman–Crippen LogP) is 3.72. The van der Waals surface area contributed by atoms with Crippen LogP contribution >= 0.6 is 11.6 Å². The summed E-state index contributed by atoms with van der Waals surface area (Å²) in [5.41, 5.74) is 0.0114. The molecule has 1 saturated heterocycles. The maximum Gasteiger partial charge on any atom is 0.254 e. The fourth-order valence-electron chi connectivity index (χ4n) is 2.92. The molecule has 1 fully saturated rings. The average Bonchev–Trinajstić information content (AvgIpc) is 2.49. The number of halogens is 2. The highest BCUT2D eigenvalue weighted by Crippen LogP contribution is 2.16. The van der Waals surface area contributed by atoms with Crippen molar-refractivity contribution in [3.8, 4) is 0 Å². The zero-order valence-corrected chi connectivity index (χ0v) is 13.8. The molecule has 1 aromatic rings. The highest BCUT2D eigenvalue weighted by Gasteiger charge is 2.15. The quantitative estimate of drug-likeness (QED) is 0.808. The molecule has 1 unspecified atom stereocenters. The molecule has 0 bridgehead atoms. The van der Waals surface area contributed by atoms with Crippen LogP contribution in [0.25, 0.3) is 0 Å². The van der Waals surface area contributed by atoms with Crippen molar-refractivity contribution >= 4 is 17.5 Å². The van der Waals surface area contributed by atoms with E-state index in [4.69, 9.17) is 11.6 Å². The monoisotopic (exact) mass is 326 g/mol. The van der Waals surface area contributed by atoms with Crippen molar-refractivity contribution in [2.45, 2.75) is 32.6 Å². The fourth-order valence-corrected chi connectivity index (χ4v) is 3.09. The highest BCUT2D eigenvalue weighted by molar-refractivity contribution is 6.30. The Balaban J connectivity index is 1.66. The van der Waals surface area contributed by atoms with Gasteiger partial charge in [0.1, 0.15) is 5.82 Å². The van der Waals surface area contributed by atoms with Gasteiger partial charge in [-0.05, 0) is 62.9 Å². The van der Waals surface area contributed by atoms with Gasteiger partial charge in [-0.3, -0.25) is 4.79 Å². The molecule has 1 heterocycles. The van der Waals surface area contributed by atoms with E-state index in [1.165, 1.54) is 44.1 Å². The molecule has 2 rings (SSSR count). The van der Waals surface area contributed by atoms with Gasteiger partial charge in [-0.1, -0.05) is 18.5 Å². The van der Waals surface area contributed by atoms with E-state index in [1.54, 1.807) is 0 Å². The molecule has 22 heavy (non-hydrogen) atoms. The third-order valence-electron chi connectivity index (χ3n) is 4.10. The summed E-state index contributed by atoms with van der Waals surface area (Å²) in [7, 11) is 0. The first-order chi connectivity index (χ1) is 10.6. The van der Waals surface area contributed by atoms with Crippen molar-refractivity contribution in [1.82, 2.24) is 10.2 Å². The van der Waals surface area contributed by atoms with E-state index >= 15 is 0 Å². The number of nitrogens with zero attached hydrogens (tertiary/aromatic N) is 1. The smallest absolute Gasteiger partial charge is 0.254 e. The molecule has 0 aromatic heterocycles. The van der Waals surface area contributed by atoms with Crippen molar-refractivity contribution in [3.05, 3.63) is 34.6 Å². The standard InChI is InChI=1S/C17H24ClFN2O/c1-13-5-4-10-21(12-13)9-3-2-8-20-17(22)15-11-14(18)6-7-16(15)19/h6-7,11,13H,2-5,8-10,12H2,1H3,(H,20,22). The zero-order chi connectivity index (χ0) is 15.9. The summed E-state index contributed by atoms with van der Waals surface area (Å²) in [5, 5.41) is 3.12. The number of rotatable bonds is 6. The number of piperidine rings is 1. The molecule has 5 heteroatoms. The average molecular weight is 327 g/mol. The van der Waals surface area contributed by atoms with E-state index in [-0.39, 0.29) is 5.56 Å². The molecular weight excluding hydrogens is 303 g/mol. The number of nitrogens with one attached hydrogen (secondary N) is 1. The third kappa shape index (κ3) is 5.25. The van der Waals surface area contributed by atoms with E-state index in [0.717, 1.165) is 25.3 Å². The summed E-state index contributed by atoms with van der Waals surface area (Å²) < 4.78 is 13.5. The minimum Gasteiger partial charge on any atom is -0.352 e. The minimum absolute atomic E-state index is 0.0114. The molecule has 1 amide bonds.